The van der Waals surface area contributed by atoms with Crippen molar-refractivity contribution in [3.8, 4) is 0 Å². The van der Waals surface area contributed by atoms with Crippen LogP contribution in [0.5, 0.6) is 0 Å². The van der Waals surface area contributed by atoms with Crippen molar-refractivity contribution in [2.24, 2.45) is 0 Å². The second-order valence-corrected chi connectivity index (χ2v) is 3.64. The predicted octanol–water partition coefficient (Wildman–Crippen LogP) is 0.956. The zero-order chi connectivity index (χ0) is 12.1. The Kier molecular flexibility index (Phi) is 12.3. The number of aliphatic hydroxyl groups is 1. The number of unbranched alkanes of at least 4 members (excludes halogenated alkanes) is 1. The molecule has 0 saturated carbocycles. The van der Waals surface area contributed by atoms with Gasteiger partial charge < -0.3 is 19.9 Å². The molecule has 4 nitrogen and oxygen atoms in total. The summed E-state index contributed by atoms with van der Waals surface area (Å²) < 4.78 is 10.6. The molecule has 2 N–H and O–H groups in total. The number of hydrogen-bond acceptors (Lipinski definition) is 4. The fourth-order valence-corrected chi connectivity index (χ4v) is 1.10. The van der Waals surface area contributed by atoms with E-state index in [4.69, 9.17) is 9.47 Å². The highest BCUT2D eigenvalue weighted by molar-refractivity contribution is 4.71. The van der Waals surface area contributed by atoms with Crippen LogP contribution < -0.4 is 5.32 Å². The topological polar surface area (TPSA) is 50.7 Å². The molecule has 0 aliphatic rings. The maximum absolute atomic E-state index is 9.45. The Morgan fingerprint density at radius 1 is 1.31 bits per heavy atom. The molecule has 0 aromatic carbocycles. The smallest absolute Gasteiger partial charge is 0.0897 e. The first-order valence-electron chi connectivity index (χ1n) is 5.96. The summed E-state index contributed by atoms with van der Waals surface area (Å²) in [5, 5.41) is 12.5. The van der Waals surface area contributed by atoms with Gasteiger partial charge in [-0.25, -0.2) is 0 Å². The zero-order valence-corrected chi connectivity index (χ0v) is 10.3. The highest BCUT2D eigenvalue weighted by Crippen LogP contribution is 1.89. The zero-order valence-electron chi connectivity index (χ0n) is 10.3. The summed E-state index contributed by atoms with van der Waals surface area (Å²) >= 11 is 0. The normalized spacial score (nSPS) is 12.6. The van der Waals surface area contributed by atoms with Crippen LogP contribution in [0.25, 0.3) is 0 Å². The molecule has 0 fully saturated rings. The molecule has 0 spiro atoms. The Labute approximate surface area is 98.6 Å². The average molecular weight is 231 g/mol. The highest BCUT2D eigenvalue weighted by atomic mass is 16.5. The van der Waals surface area contributed by atoms with Gasteiger partial charge in [0.15, 0.2) is 0 Å². The largest absolute Gasteiger partial charge is 0.389 e. The lowest BCUT2D eigenvalue weighted by Crippen LogP contribution is -2.30. The Morgan fingerprint density at radius 3 is 2.75 bits per heavy atom. The maximum atomic E-state index is 9.45. The van der Waals surface area contributed by atoms with E-state index in [-0.39, 0.29) is 0 Å². The number of aliphatic hydroxyl groups excluding tert-OH is 1. The molecule has 0 radical (unpaired) electrons. The van der Waals surface area contributed by atoms with Gasteiger partial charge in [-0.3, -0.25) is 0 Å². The molecule has 0 aliphatic heterocycles. The molecule has 4 heteroatoms. The first-order chi connectivity index (χ1) is 7.81. The van der Waals surface area contributed by atoms with Crippen molar-refractivity contribution in [1.29, 1.82) is 0 Å². The molecule has 0 aliphatic carbocycles. The van der Waals surface area contributed by atoms with Gasteiger partial charge in [0.1, 0.15) is 0 Å². The third-order valence-corrected chi connectivity index (χ3v) is 1.99. The Hall–Kier alpha value is -0.420. The molecule has 16 heavy (non-hydrogen) atoms. The lowest BCUT2D eigenvalue weighted by molar-refractivity contribution is 0.00419. The first-order valence-corrected chi connectivity index (χ1v) is 5.96. The van der Waals surface area contributed by atoms with Gasteiger partial charge in [0.25, 0.3) is 0 Å². The molecule has 0 rings (SSSR count). The molecule has 0 bridgehead atoms. The molecule has 0 heterocycles. The van der Waals surface area contributed by atoms with Crippen molar-refractivity contribution in [3.05, 3.63) is 12.7 Å². The lowest BCUT2D eigenvalue weighted by atomic mass is 10.4. The molecular formula is C12H25NO3. The van der Waals surface area contributed by atoms with Crippen molar-refractivity contribution in [3.63, 3.8) is 0 Å². The van der Waals surface area contributed by atoms with Gasteiger partial charge in [-0.1, -0.05) is 19.4 Å². The summed E-state index contributed by atoms with van der Waals surface area (Å²) in [6.45, 7) is 9.24. The Balaban J connectivity index is 3.08. The van der Waals surface area contributed by atoms with E-state index in [0.717, 1.165) is 19.4 Å². The van der Waals surface area contributed by atoms with E-state index < -0.39 is 6.10 Å². The van der Waals surface area contributed by atoms with Gasteiger partial charge in [-0.2, -0.15) is 0 Å². The SMILES string of the molecule is C=CCNCC(O)COCCOCCCC. The average Bonchev–Trinajstić information content (AvgIpc) is 2.28. The number of ether oxygens (including phenoxy) is 2. The maximum Gasteiger partial charge on any atom is 0.0897 e. The van der Waals surface area contributed by atoms with Crippen molar-refractivity contribution < 1.29 is 14.6 Å². The van der Waals surface area contributed by atoms with Crippen molar-refractivity contribution >= 4 is 0 Å². The summed E-state index contributed by atoms with van der Waals surface area (Å²) in [7, 11) is 0. The molecular weight excluding hydrogens is 206 g/mol. The minimum Gasteiger partial charge on any atom is -0.389 e. The molecule has 1 atom stereocenters. The molecule has 0 aromatic heterocycles. The van der Waals surface area contributed by atoms with E-state index in [2.05, 4.69) is 18.8 Å². The minimum absolute atomic E-state index is 0.348. The third-order valence-electron chi connectivity index (χ3n) is 1.99. The molecule has 1 unspecified atom stereocenters. The number of hydrogen-bond donors (Lipinski definition) is 2. The Morgan fingerprint density at radius 2 is 2.06 bits per heavy atom. The second-order valence-electron chi connectivity index (χ2n) is 3.64. The highest BCUT2D eigenvalue weighted by Gasteiger charge is 2.02. The third kappa shape index (κ3) is 11.7. The summed E-state index contributed by atoms with van der Waals surface area (Å²) in [6.07, 6.45) is 3.54. The van der Waals surface area contributed by atoms with E-state index in [1.807, 2.05) is 0 Å². The van der Waals surface area contributed by atoms with Crippen LogP contribution in [0.2, 0.25) is 0 Å². The fraction of sp³-hybridized carbons (Fsp3) is 0.833. The predicted molar refractivity (Wildman–Crippen MR) is 65.6 cm³/mol. The van der Waals surface area contributed by atoms with Crippen molar-refractivity contribution in [1.82, 2.24) is 5.32 Å². The van der Waals surface area contributed by atoms with Crippen LogP contribution in [-0.2, 0) is 9.47 Å². The van der Waals surface area contributed by atoms with Crippen LogP contribution in [0.3, 0.4) is 0 Å². The standard InChI is InChI=1S/C12H25NO3/c1-3-5-7-15-8-9-16-11-12(14)10-13-6-4-2/h4,12-14H,2-3,5-11H2,1H3. The van der Waals surface area contributed by atoms with E-state index in [1.54, 1.807) is 6.08 Å². The van der Waals surface area contributed by atoms with Gasteiger partial charge in [-0.15, -0.1) is 6.58 Å². The summed E-state index contributed by atoms with van der Waals surface area (Å²) in [5.74, 6) is 0. The minimum atomic E-state index is -0.462. The van der Waals surface area contributed by atoms with E-state index in [1.165, 1.54) is 0 Å². The van der Waals surface area contributed by atoms with Gasteiger partial charge >= 0.3 is 0 Å². The van der Waals surface area contributed by atoms with E-state index >= 15 is 0 Å². The molecule has 0 aromatic rings. The van der Waals surface area contributed by atoms with Gasteiger partial charge in [0, 0.05) is 19.7 Å². The lowest BCUT2D eigenvalue weighted by Gasteiger charge is -2.11. The quantitative estimate of drug-likeness (QED) is 0.388. The first kappa shape index (κ1) is 15.6. The fourth-order valence-electron chi connectivity index (χ4n) is 1.10. The molecule has 0 saturated heterocycles. The summed E-state index contributed by atoms with van der Waals surface area (Å²) in [6, 6.07) is 0. The van der Waals surface area contributed by atoms with Crippen molar-refractivity contribution in [2.75, 3.05) is 39.5 Å². The monoisotopic (exact) mass is 231 g/mol. The van der Waals surface area contributed by atoms with E-state index in [9.17, 15) is 5.11 Å². The Bertz CT molecular complexity index is 153. The number of rotatable bonds is 12. The second kappa shape index (κ2) is 12.6. The van der Waals surface area contributed by atoms with Crippen LogP contribution in [0.15, 0.2) is 12.7 Å². The van der Waals surface area contributed by atoms with E-state index in [0.29, 0.717) is 32.9 Å². The molecule has 0 amide bonds. The van der Waals surface area contributed by atoms with Crippen LogP contribution in [0.1, 0.15) is 19.8 Å². The number of nitrogens with one attached hydrogen (secondary N) is 1. The molecule has 96 valence electrons. The van der Waals surface area contributed by atoms with Crippen LogP contribution in [0, 0.1) is 0 Å². The summed E-state index contributed by atoms with van der Waals surface area (Å²) in [4.78, 5) is 0. The van der Waals surface area contributed by atoms with Gasteiger partial charge in [0.2, 0.25) is 0 Å². The summed E-state index contributed by atoms with van der Waals surface area (Å²) in [5.41, 5.74) is 0. The van der Waals surface area contributed by atoms with Crippen molar-refractivity contribution in [2.45, 2.75) is 25.9 Å². The van der Waals surface area contributed by atoms with Crippen LogP contribution >= 0.6 is 0 Å². The van der Waals surface area contributed by atoms with Crippen LogP contribution in [-0.4, -0.2) is 50.7 Å². The van der Waals surface area contributed by atoms with Gasteiger partial charge in [-0.05, 0) is 6.42 Å². The van der Waals surface area contributed by atoms with Crippen LogP contribution in [0.4, 0.5) is 0 Å². The van der Waals surface area contributed by atoms with Gasteiger partial charge in [0.05, 0.1) is 25.9 Å².